The number of pyridine rings is 1. The standard InChI is InChI=1S/C17H17N5O3S/c23-13(9-22-14(24)17(21-16(22)25)6-2-3-7-17)20-15-19-12(10-26-15)11-5-1-4-8-18-11/h1,4-5,8,10H,2-3,6-7,9H2,(H,21,25)(H,19,20,23). The summed E-state index contributed by atoms with van der Waals surface area (Å²) in [7, 11) is 0. The number of aromatic nitrogens is 2. The van der Waals surface area contributed by atoms with Gasteiger partial charge in [-0.25, -0.2) is 9.78 Å². The van der Waals surface area contributed by atoms with E-state index in [9.17, 15) is 14.4 Å². The zero-order valence-corrected chi connectivity index (χ0v) is 14.7. The lowest BCUT2D eigenvalue weighted by Gasteiger charge is -2.19. The van der Waals surface area contributed by atoms with E-state index in [1.807, 2.05) is 18.2 Å². The van der Waals surface area contributed by atoms with Crippen LogP contribution < -0.4 is 10.6 Å². The normalized spacial score (nSPS) is 18.4. The molecule has 1 saturated carbocycles. The van der Waals surface area contributed by atoms with Crippen LogP contribution in [0.15, 0.2) is 29.8 Å². The van der Waals surface area contributed by atoms with Crippen LogP contribution in [0.3, 0.4) is 0 Å². The van der Waals surface area contributed by atoms with Gasteiger partial charge in [0.15, 0.2) is 5.13 Å². The lowest BCUT2D eigenvalue weighted by Crippen LogP contribution is -2.44. The van der Waals surface area contributed by atoms with Gasteiger partial charge in [-0.3, -0.25) is 19.5 Å². The predicted octanol–water partition coefficient (Wildman–Crippen LogP) is 2.01. The molecule has 0 aromatic carbocycles. The van der Waals surface area contributed by atoms with Gasteiger partial charge in [-0.05, 0) is 25.0 Å². The molecule has 8 nitrogen and oxygen atoms in total. The number of anilines is 1. The smallest absolute Gasteiger partial charge is 0.323 e. The molecule has 134 valence electrons. The molecule has 1 aliphatic carbocycles. The Balaban J connectivity index is 1.41. The number of rotatable bonds is 4. The Morgan fingerprint density at radius 1 is 1.27 bits per heavy atom. The Bertz CT molecular complexity index is 860. The topological polar surface area (TPSA) is 104 Å². The zero-order chi connectivity index (χ0) is 18.1. The van der Waals surface area contributed by atoms with E-state index in [0.29, 0.717) is 29.4 Å². The van der Waals surface area contributed by atoms with E-state index < -0.39 is 17.5 Å². The monoisotopic (exact) mass is 371 g/mol. The summed E-state index contributed by atoms with van der Waals surface area (Å²) < 4.78 is 0. The SMILES string of the molecule is O=C(CN1C(=O)NC2(CCCC2)C1=O)Nc1nc(-c2ccccn2)cs1. The summed E-state index contributed by atoms with van der Waals surface area (Å²) in [6.45, 7) is -0.315. The van der Waals surface area contributed by atoms with Crippen LogP contribution >= 0.6 is 11.3 Å². The minimum Gasteiger partial charge on any atom is -0.323 e. The van der Waals surface area contributed by atoms with Gasteiger partial charge in [-0.1, -0.05) is 18.9 Å². The van der Waals surface area contributed by atoms with Gasteiger partial charge in [0.1, 0.15) is 17.8 Å². The first kappa shape index (κ1) is 16.6. The first-order chi connectivity index (χ1) is 12.6. The zero-order valence-electron chi connectivity index (χ0n) is 13.9. The maximum atomic E-state index is 12.6. The van der Waals surface area contributed by atoms with Gasteiger partial charge in [0, 0.05) is 11.6 Å². The highest BCUT2D eigenvalue weighted by molar-refractivity contribution is 7.14. The lowest BCUT2D eigenvalue weighted by molar-refractivity contribution is -0.133. The molecular formula is C17H17N5O3S. The van der Waals surface area contributed by atoms with E-state index in [1.165, 1.54) is 11.3 Å². The van der Waals surface area contributed by atoms with E-state index in [1.54, 1.807) is 11.6 Å². The van der Waals surface area contributed by atoms with Gasteiger partial charge in [0.25, 0.3) is 5.91 Å². The Morgan fingerprint density at radius 3 is 2.81 bits per heavy atom. The average molecular weight is 371 g/mol. The molecule has 4 rings (SSSR count). The Labute approximate surface area is 153 Å². The molecule has 9 heteroatoms. The second-order valence-electron chi connectivity index (χ2n) is 6.41. The van der Waals surface area contributed by atoms with Gasteiger partial charge in [-0.15, -0.1) is 11.3 Å². The Morgan fingerprint density at radius 2 is 2.08 bits per heavy atom. The summed E-state index contributed by atoms with van der Waals surface area (Å²) in [5.74, 6) is -0.756. The van der Waals surface area contributed by atoms with Crippen molar-refractivity contribution in [3.8, 4) is 11.4 Å². The van der Waals surface area contributed by atoms with Crippen LogP contribution in [0.4, 0.5) is 9.93 Å². The number of nitrogens with one attached hydrogen (secondary N) is 2. The quantitative estimate of drug-likeness (QED) is 0.800. The van der Waals surface area contributed by atoms with E-state index in [2.05, 4.69) is 20.6 Å². The van der Waals surface area contributed by atoms with E-state index in [0.717, 1.165) is 17.7 Å². The van der Waals surface area contributed by atoms with E-state index >= 15 is 0 Å². The summed E-state index contributed by atoms with van der Waals surface area (Å²) in [5.41, 5.74) is 0.567. The van der Waals surface area contributed by atoms with Gasteiger partial charge in [0.2, 0.25) is 5.91 Å². The molecule has 2 aromatic rings. The van der Waals surface area contributed by atoms with Crippen molar-refractivity contribution in [1.29, 1.82) is 0 Å². The average Bonchev–Trinajstić information content (AvgIpc) is 3.34. The second-order valence-corrected chi connectivity index (χ2v) is 7.27. The van der Waals surface area contributed by atoms with Gasteiger partial charge in [0.05, 0.1) is 5.69 Å². The van der Waals surface area contributed by atoms with Crippen LogP contribution in [0.1, 0.15) is 25.7 Å². The maximum absolute atomic E-state index is 12.6. The van der Waals surface area contributed by atoms with Gasteiger partial charge < -0.3 is 10.6 Å². The third-order valence-electron chi connectivity index (χ3n) is 4.68. The first-order valence-electron chi connectivity index (χ1n) is 8.38. The maximum Gasteiger partial charge on any atom is 0.325 e. The summed E-state index contributed by atoms with van der Waals surface area (Å²) in [4.78, 5) is 46.5. The van der Waals surface area contributed by atoms with E-state index in [4.69, 9.17) is 0 Å². The van der Waals surface area contributed by atoms with Crippen LogP contribution in [-0.2, 0) is 9.59 Å². The van der Waals surface area contributed by atoms with Crippen LogP contribution in [0, 0.1) is 0 Å². The molecule has 2 fully saturated rings. The summed E-state index contributed by atoms with van der Waals surface area (Å²) in [6.07, 6.45) is 4.75. The van der Waals surface area contributed by atoms with Gasteiger partial charge >= 0.3 is 6.03 Å². The number of thiazole rings is 1. The molecule has 0 unspecified atom stereocenters. The van der Waals surface area contributed by atoms with Crippen molar-refractivity contribution >= 4 is 34.3 Å². The molecule has 1 aliphatic heterocycles. The first-order valence-corrected chi connectivity index (χ1v) is 9.26. The van der Waals surface area contributed by atoms with E-state index in [-0.39, 0.29) is 12.5 Å². The number of urea groups is 1. The van der Waals surface area contributed by atoms with Crippen LogP contribution in [0.5, 0.6) is 0 Å². The number of imide groups is 1. The number of amides is 4. The molecule has 2 aliphatic rings. The molecule has 2 N–H and O–H groups in total. The van der Waals surface area contributed by atoms with Gasteiger partial charge in [-0.2, -0.15) is 0 Å². The molecule has 0 bridgehead atoms. The third kappa shape index (κ3) is 2.94. The van der Waals surface area contributed by atoms with Crippen molar-refractivity contribution < 1.29 is 14.4 Å². The van der Waals surface area contributed by atoms with Crippen molar-refractivity contribution in [2.45, 2.75) is 31.2 Å². The fraction of sp³-hybridized carbons (Fsp3) is 0.353. The highest BCUT2D eigenvalue weighted by atomic mass is 32.1. The largest absolute Gasteiger partial charge is 0.325 e. The van der Waals surface area contributed by atoms with Crippen molar-refractivity contribution in [3.05, 3.63) is 29.8 Å². The van der Waals surface area contributed by atoms with Crippen LogP contribution in [-0.4, -0.2) is 44.8 Å². The Hall–Kier alpha value is -2.81. The fourth-order valence-electron chi connectivity index (χ4n) is 3.40. The molecule has 0 atom stereocenters. The van der Waals surface area contributed by atoms with Crippen LogP contribution in [0.2, 0.25) is 0 Å². The summed E-state index contributed by atoms with van der Waals surface area (Å²) in [5, 5.41) is 7.60. The number of nitrogens with zero attached hydrogens (tertiary/aromatic N) is 3. The molecule has 0 radical (unpaired) electrons. The van der Waals surface area contributed by atoms with Crippen molar-refractivity contribution in [3.63, 3.8) is 0 Å². The number of carbonyl (C=O) groups excluding carboxylic acids is 3. The lowest BCUT2D eigenvalue weighted by atomic mass is 9.98. The highest BCUT2D eigenvalue weighted by Crippen LogP contribution is 2.35. The third-order valence-corrected chi connectivity index (χ3v) is 5.44. The Kier molecular flexibility index (Phi) is 4.15. The van der Waals surface area contributed by atoms with Crippen molar-refractivity contribution in [1.82, 2.24) is 20.2 Å². The number of carbonyl (C=O) groups is 3. The van der Waals surface area contributed by atoms with Crippen LogP contribution in [0.25, 0.3) is 11.4 Å². The molecule has 2 aromatic heterocycles. The van der Waals surface area contributed by atoms with Crippen molar-refractivity contribution in [2.24, 2.45) is 0 Å². The minimum absolute atomic E-state index is 0.302. The van der Waals surface area contributed by atoms with Crippen molar-refractivity contribution in [2.75, 3.05) is 11.9 Å². The number of hydrogen-bond donors (Lipinski definition) is 2. The fourth-order valence-corrected chi connectivity index (χ4v) is 4.12. The highest BCUT2D eigenvalue weighted by Gasteiger charge is 2.52. The molecule has 1 saturated heterocycles. The predicted molar refractivity (Wildman–Crippen MR) is 95.4 cm³/mol. The molecule has 3 heterocycles. The number of hydrogen-bond acceptors (Lipinski definition) is 6. The molecule has 1 spiro atoms. The minimum atomic E-state index is -0.801. The molecule has 4 amide bonds. The molecule has 26 heavy (non-hydrogen) atoms. The summed E-state index contributed by atoms with van der Waals surface area (Å²) in [6, 6.07) is 5.00. The molecular weight excluding hydrogens is 354 g/mol. The second kappa shape index (κ2) is 6.49. The summed E-state index contributed by atoms with van der Waals surface area (Å²) >= 11 is 1.26.